The molecule has 182 valence electrons. The molecule has 5 nitrogen and oxygen atoms in total. The summed E-state index contributed by atoms with van der Waals surface area (Å²) in [4.78, 5) is 11.7. The SMILES string of the molecule is COc1ccc(F)c(-c2ccc(C3COc4ccc([C@H](C5CC5)[C@@H](C)C(=O)O)cc4O3)cc2Cl)c1. The van der Waals surface area contributed by atoms with Crippen LogP contribution in [0, 0.1) is 17.7 Å². The van der Waals surface area contributed by atoms with Crippen LogP contribution in [0.15, 0.2) is 54.6 Å². The van der Waals surface area contributed by atoms with E-state index in [1.54, 1.807) is 31.2 Å². The molecule has 0 saturated heterocycles. The van der Waals surface area contributed by atoms with Crippen LogP contribution in [-0.4, -0.2) is 24.8 Å². The molecule has 1 fully saturated rings. The predicted octanol–water partition coefficient (Wildman–Crippen LogP) is 6.88. The molecule has 35 heavy (non-hydrogen) atoms. The van der Waals surface area contributed by atoms with Crippen LogP contribution in [0.3, 0.4) is 0 Å². The standard InChI is InChI=1S/C28H26ClFO5/c1-15(28(31)32)27(16-3-4-16)18-6-10-24-25(12-18)35-26(14-34-24)17-5-8-20(22(29)11-17)21-13-19(33-2)7-9-23(21)30/h5-13,15-16,26-27H,3-4,14H2,1-2H3,(H,31,32)/t15-,26?,27+/m1/s1. The van der Waals surface area contributed by atoms with Gasteiger partial charge in [-0.05, 0) is 72.2 Å². The number of aliphatic carboxylic acids is 1. The summed E-state index contributed by atoms with van der Waals surface area (Å²) >= 11 is 6.56. The van der Waals surface area contributed by atoms with E-state index in [2.05, 4.69) is 0 Å². The van der Waals surface area contributed by atoms with Crippen molar-refractivity contribution in [2.75, 3.05) is 13.7 Å². The van der Waals surface area contributed by atoms with Crippen molar-refractivity contribution in [3.05, 3.63) is 76.6 Å². The Bertz CT molecular complexity index is 1270. The number of hydrogen-bond donors (Lipinski definition) is 1. The number of fused-ring (bicyclic) bond motifs is 1. The Morgan fingerprint density at radius 3 is 2.57 bits per heavy atom. The van der Waals surface area contributed by atoms with Gasteiger partial charge in [0, 0.05) is 16.1 Å². The maximum atomic E-state index is 14.5. The first-order valence-electron chi connectivity index (χ1n) is 11.6. The molecule has 1 heterocycles. The third kappa shape index (κ3) is 4.67. The molecule has 1 unspecified atom stereocenters. The Kier molecular flexibility index (Phi) is 6.32. The number of carbonyl (C=O) groups is 1. The number of carboxylic acids is 1. The topological polar surface area (TPSA) is 65.0 Å². The molecule has 0 radical (unpaired) electrons. The van der Waals surface area contributed by atoms with E-state index in [4.69, 9.17) is 25.8 Å². The molecular formula is C28H26ClFO5. The van der Waals surface area contributed by atoms with Crippen LogP contribution in [0.25, 0.3) is 11.1 Å². The summed E-state index contributed by atoms with van der Waals surface area (Å²) in [5, 5.41) is 9.99. The van der Waals surface area contributed by atoms with Gasteiger partial charge in [0.1, 0.15) is 18.2 Å². The molecule has 7 heteroatoms. The normalized spacial score (nSPS) is 18.6. The Hall–Kier alpha value is -3.25. The van der Waals surface area contributed by atoms with Gasteiger partial charge in [-0.1, -0.05) is 36.7 Å². The molecule has 0 bridgehead atoms. The molecule has 3 aromatic carbocycles. The summed E-state index contributed by atoms with van der Waals surface area (Å²) in [5.74, 6) is 0.404. The van der Waals surface area contributed by atoms with Crippen LogP contribution < -0.4 is 14.2 Å². The highest BCUT2D eigenvalue weighted by Crippen LogP contribution is 2.49. The van der Waals surface area contributed by atoms with Gasteiger partial charge in [0.15, 0.2) is 17.6 Å². The minimum atomic E-state index is -0.795. The third-order valence-corrected chi connectivity index (χ3v) is 7.21. The Labute approximate surface area is 208 Å². The van der Waals surface area contributed by atoms with Crippen LogP contribution in [0.4, 0.5) is 4.39 Å². The monoisotopic (exact) mass is 496 g/mol. The number of carboxylic acid groups (broad SMARTS) is 1. The molecule has 3 aromatic rings. The van der Waals surface area contributed by atoms with Gasteiger partial charge in [-0.3, -0.25) is 4.79 Å². The van der Waals surface area contributed by atoms with E-state index in [-0.39, 0.29) is 11.7 Å². The first kappa shape index (κ1) is 23.5. The quantitative estimate of drug-likeness (QED) is 0.386. The van der Waals surface area contributed by atoms with Crippen molar-refractivity contribution in [2.24, 2.45) is 11.8 Å². The second-order valence-corrected chi connectivity index (χ2v) is 9.61. The van der Waals surface area contributed by atoms with Gasteiger partial charge < -0.3 is 19.3 Å². The van der Waals surface area contributed by atoms with Gasteiger partial charge in [-0.2, -0.15) is 0 Å². The van der Waals surface area contributed by atoms with Gasteiger partial charge in [-0.25, -0.2) is 4.39 Å². The molecule has 1 aliphatic carbocycles. The summed E-state index contributed by atoms with van der Waals surface area (Å²) in [6.45, 7) is 2.06. The Balaban J connectivity index is 1.41. The maximum absolute atomic E-state index is 14.5. The van der Waals surface area contributed by atoms with Crippen molar-refractivity contribution in [2.45, 2.75) is 31.8 Å². The van der Waals surface area contributed by atoms with E-state index in [1.165, 1.54) is 13.2 Å². The van der Waals surface area contributed by atoms with E-state index in [0.717, 1.165) is 24.0 Å². The van der Waals surface area contributed by atoms with E-state index in [1.807, 2.05) is 24.3 Å². The van der Waals surface area contributed by atoms with Crippen LogP contribution >= 0.6 is 11.6 Å². The highest BCUT2D eigenvalue weighted by molar-refractivity contribution is 6.33. The van der Waals surface area contributed by atoms with Crippen molar-refractivity contribution in [3.8, 4) is 28.4 Å². The minimum Gasteiger partial charge on any atom is -0.497 e. The third-order valence-electron chi connectivity index (χ3n) is 6.90. The number of hydrogen-bond acceptors (Lipinski definition) is 4. The molecule has 1 saturated carbocycles. The number of ether oxygens (including phenoxy) is 3. The number of methoxy groups -OCH3 is 1. The van der Waals surface area contributed by atoms with Crippen molar-refractivity contribution in [1.82, 2.24) is 0 Å². The Morgan fingerprint density at radius 2 is 1.89 bits per heavy atom. The molecule has 1 N–H and O–H groups in total. The summed E-state index contributed by atoms with van der Waals surface area (Å²) in [5.41, 5.74) is 2.67. The van der Waals surface area contributed by atoms with Crippen LogP contribution in [0.1, 0.15) is 42.9 Å². The van der Waals surface area contributed by atoms with E-state index >= 15 is 0 Å². The van der Waals surface area contributed by atoms with Gasteiger partial charge >= 0.3 is 5.97 Å². The number of halogens is 2. The number of rotatable bonds is 7. The fraction of sp³-hybridized carbons (Fsp3) is 0.321. The fourth-order valence-corrected chi connectivity index (χ4v) is 5.12. The second-order valence-electron chi connectivity index (χ2n) is 9.20. The highest BCUT2D eigenvalue weighted by atomic mass is 35.5. The van der Waals surface area contributed by atoms with Crippen molar-refractivity contribution < 1.29 is 28.5 Å². The zero-order chi connectivity index (χ0) is 24.7. The predicted molar refractivity (Wildman–Crippen MR) is 131 cm³/mol. The average molecular weight is 497 g/mol. The summed E-state index contributed by atoms with van der Waals surface area (Å²) in [6.07, 6.45) is 1.67. The lowest BCUT2D eigenvalue weighted by Gasteiger charge is -2.29. The lowest BCUT2D eigenvalue weighted by atomic mass is 9.83. The first-order valence-corrected chi connectivity index (χ1v) is 12.0. The lowest BCUT2D eigenvalue weighted by molar-refractivity contribution is -0.142. The largest absolute Gasteiger partial charge is 0.497 e. The maximum Gasteiger partial charge on any atom is 0.306 e. The summed E-state index contributed by atoms with van der Waals surface area (Å²) < 4.78 is 31.9. The summed E-state index contributed by atoms with van der Waals surface area (Å²) in [7, 11) is 1.53. The molecular weight excluding hydrogens is 471 g/mol. The van der Waals surface area contributed by atoms with Crippen LogP contribution in [0.5, 0.6) is 17.2 Å². The molecule has 3 atom stereocenters. The molecule has 0 spiro atoms. The van der Waals surface area contributed by atoms with Gasteiger partial charge in [-0.15, -0.1) is 0 Å². The molecule has 5 rings (SSSR count). The van der Waals surface area contributed by atoms with Gasteiger partial charge in [0.05, 0.1) is 13.0 Å². The molecule has 0 aromatic heterocycles. The highest BCUT2D eigenvalue weighted by Gasteiger charge is 2.39. The summed E-state index contributed by atoms with van der Waals surface area (Å²) in [6, 6.07) is 15.6. The van der Waals surface area contributed by atoms with E-state index in [9.17, 15) is 14.3 Å². The van der Waals surface area contributed by atoms with Gasteiger partial charge in [0.25, 0.3) is 0 Å². The first-order chi connectivity index (χ1) is 16.9. The van der Waals surface area contributed by atoms with Crippen molar-refractivity contribution in [3.63, 3.8) is 0 Å². The van der Waals surface area contributed by atoms with Gasteiger partial charge in [0.2, 0.25) is 0 Å². The molecule has 2 aliphatic rings. The number of benzene rings is 3. The van der Waals surface area contributed by atoms with Crippen molar-refractivity contribution in [1.29, 1.82) is 0 Å². The second kappa shape index (κ2) is 9.42. The lowest BCUT2D eigenvalue weighted by Crippen LogP contribution is -2.23. The Morgan fingerprint density at radius 1 is 1.09 bits per heavy atom. The molecule has 0 amide bonds. The van der Waals surface area contributed by atoms with E-state index < -0.39 is 18.0 Å². The zero-order valence-corrected chi connectivity index (χ0v) is 20.2. The fourth-order valence-electron chi connectivity index (χ4n) is 4.83. The van der Waals surface area contributed by atoms with Crippen molar-refractivity contribution >= 4 is 17.6 Å². The zero-order valence-electron chi connectivity index (χ0n) is 19.5. The van der Waals surface area contributed by atoms with Crippen LogP contribution in [0.2, 0.25) is 5.02 Å². The van der Waals surface area contributed by atoms with E-state index in [0.29, 0.717) is 45.9 Å². The molecule has 1 aliphatic heterocycles. The smallest absolute Gasteiger partial charge is 0.306 e. The van der Waals surface area contributed by atoms with Crippen LogP contribution in [-0.2, 0) is 4.79 Å². The minimum absolute atomic E-state index is 0.0618. The average Bonchev–Trinajstić information content (AvgIpc) is 3.69.